The normalized spacial score (nSPS) is 10.9. The zero-order chi connectivity index (χ0) is 12.0. The summed E-state index contributed by atoms with van der Waals surface area (Å²) < 4.78 is 0. The minimum Gasteiger partial charge on any atom is -0.325 e. The van der Waals surface area contributed by atoms with Gasteiger partial charge >= 0.3 is 0 Å². The second-order valence-corrected chi connectivity index (χ2v) is 3.41. The third-order valence-corrected chi connectivity index (χ3v) is 2.15. The summed E-state index contributed by atoms with van der Waals surface area (Å²) >= 11 is 0. The zero-order valence-electron chi connectivity index (χ0n) is 8.90. The van der Waals surface area contributed by atoms with Crippen molar-refractivity contribution < 1.29 is 4.79 Å². The van der Waals surface area contributed by atoms with E-state index in [9.17, 15) is 4.79 Å². The Labute approximate surface area is 94.1 Å². The largest absolute Gasteiger partial charge is 0.325 e. The maximum Gasteiger partial charge on any atom is 0.228 e. The highest BCUT2D eigenvalue weighted by Gasteiger charge is 2.13. The summed E-state index contributed by atoms with van der Waals surface area (Å²) in [6.07, 6.45) is 0.167. The van der Waals surface area contributed by atoms with E-state index in [-0.39, 0.29) is 18.2 Å². The Kier molecular flexibility index (Phi) is 4.06. The molecule has 16 heavy (non-hydrogen) atoms. The van der Waals surface area contributed by atoms with Gasteiger partial charge in [0.1, 0.15) is 6.07 Å². The molecule has 4 heteroatoms. The van der Waals surface area contributed by atoms with Crippen LogP contribution < -0.4 is 5.32 Å². The van der Waals surface area contributed by atoms with Gasteiger partial charge in [0, 0.05) is 12.3 Å². The van der Waals surface area contributed by atoms with Crippen LogP contribution in [0, 0.1) is 28.6 Å². The SMILES string of the molecule is CC(CC#N)C(=O)Nc1ccccc1C#N. The van der Waals surface area contributed by atoms with Gasteiger partial charge < -0.3 is 5.32 Å². The molecule has 1 aromatic carbocycles. The summed E-state index contributed by atoms with van der Waals surface area (Å²) in [6.45, 7) is 1.67. The fraction of sp³-hybridized carbons (Fsp3) is 0.250. The van der Waals surface area contributed by atoms with E-state index in [1.807, 2.05) is 12.1 Å². The maximum absolute atomic E-state index is 11.6. The molecule has 0 fully saturated rings. The molecule has 0 aliphatic rings. The molecular formula is C12H11N3O. The van der Waals surface area contributed by atoms with Crippen molar-refractivity contribution in [2.45, 2.75) is 13.3 Å². The van der Waals surface area contributed by atoms with E-state index in [4.69, 9.17) is 10.5 Å². The van der Waals surface area contributed by atoms with Gasteiger partial charge in [-0.25, -0.2) is 0 Å². The van der Waals surface area contributed by atoms with Crippen LogP contribution in [0.4, 0.5) is 5.69 Å². The molecule has 0 spiro atoms. The zero-order valence-corrected chi connectivity index (χ0v) is 8.90. The highest BCUT2D eigenvalue weighted by atomic mass is 16.1. The summed E-state index contributed by atoms with van der Waals surface area (Å²) in [5.41, 5.74) is 0.903. The van der Waals surface area contributed by atoms with E-state index in [0.717, 1.165) is 0 Å². The van der Waals surface area contributed by atoms with Crippen LogP contribution in [-0.4, -0.2) is 5.91 Å². The smallest absolute Gasteiger partial charge is 0.228 e. The summed E-state index contributed by atoms with van der Waals surface area (Å²) in [4.78, 5) is 11.6. The average Bonchev–Trinajstić information content (AvgIpc) is 2.30. The number of nitrogens with zero attached hydrogens (tertiary/aromatic N) is 2. The lowest BCUT2D eigenvalue weighted by molar-refractivity contribution is -0.119. The average molecular weight is 213 g/mol. The van der Waals surface area contributed by atoms with Crippen LogP contribution in [0.25, 0.3) is 0 Å². The Morgan fingerprint density at radius 1 is 1.44 bits per heavy atom. The van der Waals surface area contributed by atoms with E-state index < -0.39 is 0 Å². The van der Waals surface area contributed by atoms with Crippen LogP contribution in [0.5, 0.6) is 0 Å². The Balaban J connectivity index is 2.78. The molecule has 1 rings (SSSR count). The number of carbonyl (C=O) groups is 1. The molecule has 0 aliphatic carbocycles. The molecule has 0 bridgehead atoms. The summed E-state index contributed by atoms with van der Waals surface area (Å²) in [6, 6.07) is 10.7. The van der Waals surface area contributed by atoms with Crippen molar-refractivity contribution in [1.29, 1.82) is 10.5 Å². The minimum atomic E-state index is -0.378. The summed E-state index contributed by atoms with van der Waals surface area (Å²) in [5.74, 6) is -0.624. The van der Waals surface area contributed by atoms with Crippen LogP contribution in [0.2, 0.25) is 0 Å². The van der Waals surface area contributed by atoms with Crippen molar-refractivity contribution >= 4 is 11.6 Å². The van der Waals surface area contributed by atoms with Crippen LogP contribution in [-0.2, 0) is 4.79 Å². The first-order chi connectivity index (χ1) is 7.69. The number of nitrogens with one attached hydrogen (secondary N) is 1. The molecule has 0 aliphatic heterocycles. The quantitative estimate of drug-likeness (QED) is 0.834. The number of nitriles is 2. The van der Waals surface area contributed by atoms with E-state index in [1.165, 1.54) is 0 Å². The van der Waals surface area contributed by atoms with Gasteiger partial charge in [0.25, 0.3) is 0 Å². The first-order valence-corrected chi connectivity index (χ1v) is 4.86. The van der Waals surface area contributed by atoms with Crippen LogP contribution >= 0.6 is 0 Å². The van der Waals surface area contributed by atoms with Gasteiger partial charge in [0.05, 0.1) is 17.3 Å². The van der Waals surface area contributed by atoms with Gasteiger partial charge in [-0.15, -0.1) is 0 Å². The number of hydrogen-bond donors (Lipinski definition) is 1. The molecule has 0 aromatic heterocycles. The van der Waals surface area contributed by atoms with Gasteiger partial charge in [0.2, 0.25) is 5.91 Å². The summed E-state index contributed by atoms with van der Waals surface area (Å²) in [5, 5.41) is 19.9. The van der Waals surface area contributed by atoms with E-state index >= 15 is 0 Å². The van der Waals surface area contributed by atoms with Crippen LogP contribution in [0.15, 0.2) is 24.3 Å². The number of hydrogen-bond acceptors (Lipinski definition) is 3. The predicted octanol–water partition coefficient (Wildman–Crippen LogP) is 2.05. The first-order valence-electron chi connectivity index (χ1n) is 4.86. The number of benzene rings is 1. The Hall–Kier alpha value is -2.33. The van der Waals surface area contributed by atoms with Gasteiger partial charge in [-0.2, -0.15) is 10.5 Å². The molecule has 1 N–H and O–H groups in total. The van der Waals surface area contributed by atoms with Crippen LogP contribution in [0.1, 0.15) is 18.9 Å². The predicted molar refractivity (Wildman–Crippen MR) is 59.2 cm³/mol. The number of carbonyl (C=O) groups excluding carboxylic acids is 1. The number of amides is 1. The van der Waals surface area contributed by atoms with E-state index in [1.54, 1.807) is 31.2 Å². The monoisotopic (exact) mass is 213 g/mol. The van der Waals surface area contributed by atoms with Gasteiger partial charge in [0.15, 0.2) is 0 Å². The highest BCUT2D eigenvalue weighted by Crippen LogP contribution is 2.15. The molecule has 0 heterocycles. The lowest BCUT2D eigenvalue weighted by atomic mass is 10.1. The van der Waals surface area contributed by atoms with Crippen molar-refractivity contribution in [2.24, 2.45) is 5.92 Å². The fourth-order valence-electron chi connectivity index (χ4n) is 1.18. The van der Waals surface area contributed by atoms with Crippen molar-refractivity contribution in [2.75, 3.05) is 5.32 Å². The van der Waals surface area contributed by atoms with Crippen molar-refractivity contribution in [3.8, 4) is 12.1 Å². The second kappa shape index (κ2) is 5.53. The summed E-state index contributed by atoms with van der Waals surface area (Å²) in [7, 11) is 0. The first kappa shape index (κ1) is 11.7. The Morgan fingerprint density at radius 2 is 2.12 bits per heavy atom. The molecule has 1 aromatic rings. The Bertz CT molecular complexity index is 468. The molecule has 1 unspecified atom stereocenters. The van der Waals surface area contributed by atoms with Crippen molar-refractivity contribution in [3.05, 3.63) is 29.8 Å². The van der Waals surface area contributed by atoms with Crippen molar-refractivity contribution in [3.63, 3.8) is 0 Å². The molecule has 1 atom stereocenters. The standard InChI is InChI=1S/C12H11N3O/c1-9(6-7-13)12(16)15-11-5-3-2-4-10(11)8-14/h2-5,9H,6H2,1H3,(H,15,16). The third-order valence-electron chi connectivity index (χ3n) is 2.15. The molecule has 0 saturated heterocycles. The number of rotatable bonds is 3. The van der Waals surface area contributed by atoms with E-state index in [0.29, 0.717) is 11.3 Å². The molecule has 0 saturated carbocycles. The molecule has 4 nitrogen and oxygen atoms in total. The number of para-hydroxylation sites is 1. The third kappa shape index (κ3) is 2.83. The molecular weight excluding hydrogens is 202 g/mol. The highest BCUT2D eigenvalue weighted by molar-refractivity contribution is 5.93. The van der Waals surface area contributed by atoms with Crippen LogP contribution in [0.3, 0.4) is 0 Å². The van der Waals surface area contributed by atoms with Gasteiger partial charge in [-0.05, 0) is 12.1 Å². The molecule has 80 valence electrons. The second-order valence-electron chi connectivity index (χ2n) is 3.41. The maximum atomic E-state index is 11.6. The minimum absolute atomic E-state index is 0.167. The number of anilines is 1. The van der Waals surface area contributed by atoms with Crippen molar-refractivity contribution in [1.82, 2.24) is 0 Å². The topological polar surface area (TPSA) is 76.7 Å². The lowest BCUT2D eigenvalue weighted by Gasteiger charge is -2.09. The van der Waals surface area contributed by atoms with Gasteiger partial charge in [-0.1, -0.05) is 19.1 Å². The van der Waals surface area contributed by atoms with Gasteiger partial charge in [-0.3, -0.25) is 4.79 Å². The molecule has 1 amide bonds. The lowest BCUT2D eigenvalue weighted by Crippen LogP contribution is -2.20. The molecule has 0 radical (unpaired) electrons. The Morgan fingerprint density at radius 3 is 2.75 bits per heavy atom. The fourth-order valence-corrected chi connectivity index (χ4v) is 1.18. The van der Waals surface area contributed by atoms with E-state index in [2.05, 4.69) is 5.32 Å².